The van der Waals surface area contributed by atoms with E-state index < -0.39 is 0 Å². The Bertz CT molecular complexity index is 458. The molecule has 1 aromatic carbocycles. The Morgan fingerprint density at radius 1 is 1.42 bits per heavy atom. The molecule has 0 heterocycles. The first-order valence-electron chi connectivity index (χ1n) is 6.46. The number of benzene rings is 1. The fourth-order valence-electron chi connectivity index (χ4n) is 1.64. The van der Waals surface area contributed by atoms with Crippen LogP contribution in [-0.2, 0) is 0 Å². The van der Waals surface area contributed by atoms with E-state index in [1.807, 2.05) is 13.1 Å². The molecule has 0 aliphatic rings. The molecule has 0 aliphatic carbocycles. The van der Waals surface area contributed by atoms with Gasteiger partial charge in [0.15, 0.2) is 0 Å². The Morgan fingerprint density at radius 3 is 2.68 bits per heavy atom. The molecular formula is C15H21Br2NO. The van der Waals surface area contributed by atoms with Gasteiger partial charge in [0.2, 0.25) is 0 Å². The van der Waals surface area contributed by atoms with Crippen LogP contribution in [0.3, 0.4) is 0 Å². The highest BCUT2D eigenvalue weighted by Gasteiger charge is 2.10. The average Bonchev–Trinajstić information content (AvgIpc) is 2.36. The first kappa shape index (κ1) is 16.7. The number of halogens is 2. The van der Waals surface area contributed by atoms with E-state index in [1.165, 1.54) is 5.57 Å². The van der Waals surface area contributed by atoms with Crippen molar-refractivity contribution in [2.75, 3.05) is 13.7 Å². The summed E-state index contributed by atoms with van der Waals surface area (Å²) in [5.41, 5.74) is 2.36. The summed E-state index contributed by atoms with van der Waals surface area (Å²) in [5, 5.41) is 3.24. The van der Waals surface area contributed by atoms with Crippen LogP contribution in [0.2, 0.25) is 0 Å². The normalized spacial score (nSPS) is 13.5. The molecule has 106 valence electrons. The summed E-state index contributed by atoms with van der Waals surface area (Å²) >= 11 is 7.10. The van der Waals surface area contributed by atoms with Crippen LogP contribution in [0.4, 0.5) is 0 Å². The van der Waals surface area contributed by atoms with Crippen LogP contribution in [0.5, 0.6) is 5.75 Å². The van der Waals surface area contributed by atoms with Crippen molar-refractivity contribution in [2.24, 2.45) is 0 Å². The van der Waals surface area contributed by atoms with Crippen LogP contribution in [0, 0.1) is 0 Å². The molecule has 0 bridgehead atoms. The lowest BCUT2D eigenvalue weighted by Gasteiger charge is -2.15. The van der Waals surface area contributed by atoms with Gasteiger partial charge >= 0.3 is 0 Å². The molecule has 1 N–H and O–H groups in total. The Hall–Kier alpha value is -0.320. The molecule has 0 spiro atoms. The van der Waals surface area contributed by atoms with Crippen molar-refractivity contribution in [3.8, 4) is 5.75 Å². The molecule has 1 rings (SSSR count). The van der Waals surface area contributed by atoms with Gasteiger partial charge in [0, 0.05) is 16.1 Å². The summed E-state index contributed by atoms with van der Waals surface area (Å²) in [6.45, 7) is 7.10. The third-order valence-corrected chi connectivity index (χ3v) is 4.03. The Labute approximate surface area is 132 Å². The first-order chi connectivity index (χ1) is 8.99. The number of ether oxygens (including phenoxy) is 1. The predicted octanol–water partition coefficient (Wildman–Crippen LogP) is 5.01. The summed E-state index contributed by atoms with van der Waals surface area (Å²) in [7, 11) is 1.97. The summed E-state index contributed by atoms with van der Waals surface area (Å²) in [6.07, 6.45) is 3.17. The lowest BCUT2D eigenvalue weighted by Crippen LogP contribution is -2.22. The summed E-state index contributed by atoms with van der Waals surface area (Å²) < 4.78 is 7.87. The summed E-state index contributed by atoms with van der Waals surface area (Å²) in [6, 6.07) is 4.44. The zero-order chi connectivity index (χ0) is 14.4. The first-order valence-corrected chi connectivity index (χ1v) is 8.05. The number of hydrogen-bond acceptors (Lipinski definition) is 2. The van der Waals surface area contributed by atoms with E-state index in [4.69, 9.17) is 4.74 Å². The summed E-state index contributed by atoms with van der Waals surface area (Å²) in [4.78, 5) is 0. The SMILES string of the molecule is CCCOc1c(Br)cc(Br)cc1/C=C(/C)C(C)NC. The van der Waals surface area contributed by atoms with E-state index >= 15 is 0 Å². The molecule has 4 heteroatoms. The monoisotopic (exact) mass is 389 g/mol. The Balaban J connectivity index is 3.16. The zero-order valence-corrected chi connectivity index (χ0v) is 15.1. The average molecular weight is 391 g/mol. The van der Waals surface area contributed by atoms with Gasteiger partial charge in [-0.2, -0.15) is 0 Å². The molecule has 19 heavy (non-hydrogen) atoms. The van der Waals surface area contributed by atoms with E-state index in [-0.39, 0.29) is 0 Å². The second kappa shape index (κ2) is 8.08. The molecule has 0 saturated heterocycles. The van der Waals surface area contributed by atoms with Gasteiger partial charge in [-0.15, -0.1) is 0 Å². The van der Waals surface area contributed by atoms with Crippen molar-refractivity contribution in [2.45, 2.75) is 33.2 Å². The molecule has 1 atom stereocenters. The maximum Gasteiger partial charge on any atom is 0.140 e. The highest BCUT2D eigenvalue weighted by atomic mass is 79.9. The van der Waals surface area contributed by atoms with Crippen LogP contribution in [0.25, 0.3) is 6.08 Å². The van der Waals surface area contributed by atoms with Crippen LogP contribution < -0.4 is 10.1 Å². The van der Waals surface area contributed by atoms with Gasteiger partial charge in [0.25, 0.3) is 0 Å². The number of likely N-dealkylation sites (N-methyl/N-ethyl adjacent to an activating group) is 1. The fourth-order valence-corrected chi connectivity index (χ4v) is 3.01. The van der Waals surface area contributed by atoms with Crippen LogP contribution in [0.1, 0.15) is 32.8 Å². The molecule has 1 unspecified atom stereocenters. The van der Waals surface area contributed by atoms with Crippen LogP contribution in [-0.4, -0.2) is 19.7 Å². The molecule has 0 aromatic heterocycles. The van der Waals surface area contributed by atoms with Crippen molar-refractivity contribution in [3.05, 3.63) is 32.2 Å². The van der Waals surface area contributed by atoms with E-state index in [2.05, 4.69) is 70.1 Å². The van der Waals surface area contributed by atoms with Gasteiger partial charge in [-0.05, 0) is 55.4 Å². The second-order valence-corrected chi connectivity index (χ2v) is 6.32. The van der Waals surface area contributed by atoms with E-state index in [0.29, 0.717) is 6.04 Å². The lowest BCUT2D eigenvalue weighted by molar-refractivity contribution is 0.315. The number of rotatable bonds is 6. The Morgan fingerprint density at radius 2 is 2.11 bits per heavy atom. The fraction of sp³-hybridized carbons (Fsp3) is 0.467. The van der Waals surface area contributed by atoms with Crippen molar-refractivity contribution >= 4 is 37.9 Å². The molecule has 0 saturated carbocycles. The number of nitrogens with one attached hydrogen (secondary N) is 1. The smallest absolute Gasteiger partial charge is 0.140 e. The van der Waals surface area contributed by atoms with Crippen LogP contribution >= 0.6 is 31.9 Å². The minimum absolute atomic E-state index is 0.344. The molecule has 0 amide bonds. The molecular weight excluding hydrogens is 370 g/mol. The molecule has 1 aromatic rings. The largest absolute Gasteiger partial charge is 0.492 e. The predicted molar refractivity (Wildman–Crippen MR) is 89.8 cm³/mol. The number of hydrogen-bond donors (Lipinski definition) is 1. The van der Waals surface area contributed by atoms with Crippen molar-refractivity contribution in [1.29, 1.82) is 0 Å². The third kappa shape index (κ3) is 4.93. The minimum Gasteiger partial charge on any atom is -0.492 e. The highest BCUT2D eigenvalue weighted by Crippen LogP contribution is 2.34. The Kier molecular flexibility index (Phi) is 7.11. The van der Waals surface area contributed by atoms with Gasteiger partial charge in [-0.1, -0.05) is 34.5 Å². The van der Waals surface area contributed by atoms with Crippen LogP contribution in [0.15, 0.2) is 26.7 Å². The molecule has 2 nitrogen and oxygen atoms in total. The maximum absolute atomic E-state index is 5.85. The van der Waals surface area contributed by atoms with E-state index in [9.17, 15) is 0 Å². The topological polar surface area (TPSA) is 21.3 Å². The maximum atomic E-state index is 5.85. The van der Waals surface area contributed by atoms with Crippen molar-refractivity contribution in [1.82, 2.24) is 5.32 Å². The quantitative estimate of drug-likeness (QED) is 0.736. The molecule has 0 aliphatic heterocycles. The van der Waals surface area contributed by atoms with Gasteiger partial charge in [-0.25, -0.2) is 0 Å². The molecule has 0 radical (unpaired) electrons. The van der Waals surface area contributed by atoms with E-state index in [1.54, 1.807) is 0 Å². The van der Waals surface area contributed by atoms with Crippen molar-refractivity contribution in [3.63, 3.8) is 0 Å². The zero-order valence-electron chi connectivity index (χ0n) is 11.9. The minimum atomic E-state index is 0.344. The lowest BCUT2D eigenvalue weighted by atomic mass is 10.1. The van der Waals surface area contributed by atoms with Gasteiger partial charge in [-0.3, -0.25) is 0 Å². The molecule has 0 fully saturated rings. The van der Waals surface area contributed by atoms with Crippen molar-refractivity contribution < 1.29 is 4.74 Å². The summed E-state index contributed by atoms with van der Waals surface area (Å²) in [5.74, 6) is 0.910. The third-order valence-electron chi connectivity index (χ3n) is 2.99. The van der Waals surface area contributed by atoms with E-state index in [0.717, 1.165) is 33.3 Å². The highest BCUT2D eigenvalue weighted by molar-refractivity contribution is 9.11. The second-order valence-electron chi connectivity index (χ2n) is 4.55. The van der Waals surface area contributed by atoms with Gasteiger partial charge in [0.05, 0.1) is 11.1 Å². The van der Waals surface area contributed by atoms with Gasteiger partial charge < -0.3 is 10.1 Å². The van der Waals surface area contributed by atoms with Gasteiger partial charge in [0.1, 0.15) is 5.75 Å². The standard InChI is InChI=1S/C15H21Br2NO/c1-5-6-19-15-12(7-10(2)11(3)18-4)8-13(16)9-14(15)17/h7-9,11,18H,5-6H2,1-4H3/b10-7-.